The van der Waals surface area contributed by atoms with Crippen molar-refractivity contribution >= 4 is 11.3 Å². The number of nitrogens with zero attached hydrogens (tertiary/aromatic N) is 6. The quantitative estimate of drug-likeness (QED) is 0.520. The van der Waals surface area contributed by atoms with E-state index in [-0.39, 0.29) is 0 Å². The molecule has 0 unspecified atom stereocenters. The molecule has 0 spiro atoms. The number of hydrogen-bond donors (Lipinski definition) is 0. The van der Waals surface area contributed by atoms with Crippen molar-refractivity contribution in [2.24, 2.45) is 0 Å². The molecule has 4 heterocycles. The molecule has 0 N–H and O–H groups in total. The first-order valence-electron chi connectivity index (χ1n) is 9.98. The topological polar surface area (TPSA) is 68.4 Å². The van der Waals surface area contributed by atoms with Crippen LogP contribution in [-0.2, 0) is 6.61 Å². The Kier molecular flexibility index (Phi) is 4.78. The minimum atomic E-state index is 0.364. The highest BCUT2D eigenvalue weighted by atomic mass is 16.5. The Morgan fingerprint density at radius 3 is 2.52 bits per heavy atom. The Labute approximate surface area is 169 Å². The first-order chi connectivity index (χ1) is 14.4. The first kappa shape index (κ1) is 17.6. The van der Waals surface area contributed by atoms with Crippen LogP contribution in [0.4, 0.5) is 5.69 Å². The molecule has 0 bridgehead atoms. The largest absolute Gasteiger partial charge is 0.469 e. The van der Waals surface area contributed by atoms with E-state index in [4.69, 9.17) is 9.84 Å². The molecule has 1 aliphatic heterocycles. The maximum Gasteiger partial charge on any atom is 0.256 e. The fraction of sp³-hybridized carbons (Fsp3) is 0.273. The second kappa shape index (κ2) is 7.87. The predicted octanol–water partition coefficient (Wildman–Crippen LogP) is 3.76. The van der Waals surface area contributed by atoms with Gasteiger partial charge in [0.1, 0.15) is 12.3 Å². The van der Waals surface area contributed by atoms with Gasteiger partial charge in [-0.3, -0.25) is 4.98 Å². The van der Waals surface area contributed by atoms with Crippen molar-refractivity contribution in [1.29, 1.82) is 0 Å². The van der Waals surface area contributed by atoms with Gasteiger partial charge < -0.3 is 9.64 Å². The van der Waals surface area contributed by atoms with Crippen molar-refractivity contribution < 1.29 is 4.74 Å². The highest BCUT2D eigenvalue weighted by molar-refractivity contribution is 5.65. The van der Waals surface area contributed by atoms with E-state index in [2.05, 4.69) is 20.1 Å². The van der Waals surface area contributed by atoms with Crippen molar-refractivity contribution in [2.75, 3.05) is 18.0 Å². The molecular formula is C22H22N6O. The van der Waals surface area contributed by atoms with E-state index in [0.717, 1.165) is 35.7 Å². The van der Waals surface area contributed by atoms with Gasteiger partial charge in [0.15, 0.2) is 11.5 Å². The Morgan fingerprint density at radius 2 is 1.72 bits per heavy atom. The number of aromatic nitrogens is 5. The zero-order chi connectivity index (χ0) is 19.5. The van der Waals surface area contributed by atoms with Crippen LogP contribution in [0.3, 0.4) is 0 Å². The summed E-state index contributed by atoms with van der Waals surface area (Å²) in [5, 5.41) is 13.5. The lowest BCUT2D eigenvalue weighted by atomic mass is 10.1. The van der Waals surface area contributed by atoms with Gasteiger partial charge in [-0.05, 0) is 31.4 Å². The Hall–Kier alpha value is -3.48. The summed E-state index contributed by atoms with van der Waals surface area (Å²) in [5.41, 5.74) is 3.52. The molecule has 1 aromatic carbocycles. The molecule has 146 valence electrons. The lowest BCUT2D eigenvalue weighted by molar-refractivity contribution is 0.284. The molecule has 0 amide bonds. The van der Waals surface area contributed by atoms with Crippen LogP contribution >= 0.6 is 0 Å². The molecule has 1 fully saturated rings. The third kappa shape index (κ3) is 3.63. The van der Waals surface area contributed by atoms with E-state index in [1.165, 1.54) is 19.3 Å². The van der Waals surface area contributed by atoms with Crippen LogP contribution in [0.2, 0.25) is 0 Å². The Balaban J connectivity index is 1.56. The highest BCUT2D eigenvalue weighted by Crippen LogP contribution is 2.31. The molecule has 0 atom stereocenters. The molecule has 5 rings (SSSR count). The van der Waals surface area contributed by atoms with Crippen LogP contribution in [0.15, 0.2) is 60.8 Å². The van der Waals surface area contributed by atoms with E-state index in [1.54, 1.807) is 10.7 Å². The molecule has 7 nitrogen and oxygen atoms in total. The van der Waals surface area contributed by atoms with Crippen LogP contribution in [-0.4, -0.2) is 37.9 Å². The van der Waals surface area contributed by atoms with Crippen LogP contribution in [0.25, 0.3) is 17.0 Å². The molecule has 29 heavy (non-hydrogen) atoms. The lowest BCUT2D eigenvalue weighted by Gasteiger charge is -2.29. The smallest absolute Gasteiger partial charge is 0.256 e. The average molecular weight is 386 g/mol. The number of rotatable bonds is 5. The van der Waals surface area contributed by atoms with Gasteiger partial charge in [0, 0.05) is 30.9 Å². The molecule has 0 saturated carbocycles. The number of fused-ring (bicyclic) bond motifs is 1. The number of piperidine rings is 1. The number of benzene rings is 1. The van der Waals surface area contributed by atoms with Crippen molar-refractivity contribution in [3.63, 3.8) is 0 Å². The summed E-state index contributed by atoms with van der Waals surface area (Å²) in [4.78, 5) is 6.69. The van der Waals surface area contributed by atoms with E-state index >= 15 is 0 Å². The molecule has 1 aliphatic rings. The molecular weight excluding hydrogens is 364 g/mol. The van der Waals surface area contributed by atoms with Crippen molar-refractivity contribution in [3.05, 3.63) is 66.5 Å². The zero-order valence-corrected chi connectivity index (χ0v) is 16.1. The van der Waals surface area contributed by atoms with Gasteiger partial charge in [-0.25, -0.2) is 0 Å². The summed E-state index contributed by atoms with van der Waals surface area (Å²) in [6.45, 7) is 2.36. The van der Waals surface area contributed by atoms with E-state index < -0.39 is 0 Å². The fourth-order valence-electron chi connectivity index (χ4n) is 3.66. The molecule has 0 radical (unpaired) electrons. The van der Waals surface area contributed by atoms with Crippen LogP contribution < -0.4 is 9.64 Å². The van der Waals surface area contributed by atoms with Gasteiger partial charge in [0.05, 0.1) is 5.69 Å². The molecule has 0 aliphatic carbocycles. The average Bonchev–Trinajstić information content (AvgIpc) is 3.22. The van der Waals surface area contributed by atoms with Gasteiger partial charge in [0.2, 0.25) is 0 Å². The van der Waals surface area contributed by atoms with Crippen LogP contribution in [0, 0.1) is 0 Å². The second-order valence-electron chi connectivity index (χ2n) is 7.15. The molecule has 7 heteroatoms. The van der Waals surface area contributed by atoms with Crippen molar-refractivity contribution in [1.82, 2.24) is 24.8 Å². The molecule has 1 saturated heterocycles. The zero-order valence-electron chi connectivity index (χ0n) is 16.1. The summed E-state index contributed by atoms with van der Waals surface area (Å²) in [6.07, 6.45) is 5.38. The minimum Gasteiger partial charge on any atom is -0.469 e. The van der Waals surface area contributed by atoms with Gasteiger partial charge >= 0.3 is 0 Å². The number of pyridine rings is 1. The minimum absolute atomic E-state index is 0.364. The van der Waals surface area contributed by atoms with Crippen LogP contribution in [0.1, 0.15) is 25.0 Å². The SMILES string of the molecule is c1ccc(-c2nnc3cc(N4CCCCC4)c(OCc4ccccn4)nn23)cc1. The monoisotopic (exact) mass is 386 g/mol. The normalized spacial score (nSPS) is 14.3. The highest BCUT2D eigenvalue weighted by Gasteiger charge is 2.20. The van der Waals surface area contributed by atoms with Gasteiger partial charge in [-0.15, -0.1) is 15.3 Å². The summed E-state index contributed by atoms with van der Waals surface area (Å²) in [6, 6.07) is 17.8. The van der Waals surface area contributed by atoms with Crippen LogP contribution in [0.5, 0.6) is 5.88 Å². The number of hydrogen-bond acceptors (Lipinski definition) is 6. The third-order valence-corrected chi connectivity index (χ3v) is 5.15. The second-order valence-corrected chi connectivity index (χ2v) is 7.15. The number of ether oxygens (including phenoxy) is 1. The fourth-order valence-corrected chi connectivity index (χ4v) is 3.66. The number of anilines is 1. The Morgan fingerprint density at radius 1 is 0.897 bits per heavy atom. The maximum absolute atomic E-state index is 6.15. The van der Waals surface area contributed by atoms with Crippen molar-refractivity contribution in [3.8, 4) is 17.3 Å². The third-order valence-electron chi connectivity index (χ3n) is 5.15. The van der Waals surface area contributed by atoms with Crippen molar-refractivity contribution in [2.45, 2.75) is 25.9 Å². The molecule has 3 aromatic heterocycles. The predicted molar refractivity (Wildman–Crippen MR) is 111 cm³/mol. The lowest BCUT2D eigenvalue weighted by Crippen LogP contribution is -2.30. The van der Waals surface area contributed by atoms with E-state index in [1.807, 2.05) is 54.6 Å². The van der Waals surface area contributed by atoms with Gasteiger partial charge in [0.25, 0.3) is 5.88 Å². The summed E-state index contributed by atoms with van der Waals surface area (Å²) >= 11 is 0. The first-order valence-corrected chi connectivity index (χ1v) is 9.98. The van der Waals surface area contributed by atoms with Gasteiger partial charge in [-0.1, -0.05) is 36.4 Å². The maximum atomic E-state index is 6.15. The standard InChI is InChI=1S/C22H22N6O/c1-3-9-17(10-4-1)21-25-24-20-15-19(27-13-7-2-8-14-27)22(26-28(20)21)29-16-18-11-5-6-12-23-18/h1,3-6,9-12,15H,2,7-8,13-14,16H2. The van der Waals surface area contributed by atoms with E-state index in [9.17, 15) is 0 Å². The van der Waals surface area contributed by atoms with Gasteiger partial charge in [-0.2, -0.15) is 4.52 Å². The van der Waals surface area contributed by atoms with E-state index in [0.29, 0.717) is 18.3 Å². The summed E-state index contributed by atoms with van der Waals surface area (Å²) < 4.78 is 7.91. The summed E-state index contributed by atoms with van der Waals surface area (Å²) in [5.74, 6) is 1.29. The molecule has 4 aromatic rings. The Bertz CT molecular complexity index is 1090. The summed E-state index contributed by atoms with van der Waals surface area (Å²) in [7, 11) is 0.